The molecule has 2 aliphatic carbocycles. The highest BCUT2D eigenvalue weighted by molar-refractivity contribution is 5.99. The van der Waals surface area contributed by atoms with E-state index in [0.29, 0.717) is 11.6 Å². The molecule has 5 rings (SSSR count). The smallest absolute Gasteiger partial charge is 0.482 e. The number of carbonyl (C=O) groups excluding carboxylic acids is 1. The van der Waals surface area contributed by atoms with E-state index in [1.165, 1.54) is 30.4 Å². The number of hydrogen-bond acceptors (Lipinski definition) is 3. The topological polar surface area (TPSA) is 38.3 Å². The minimum absolute atomic E-state index is 0.0115. The Labute approximate surface area is 179 Å². The van der Waals surface area contributed by atoms with Gasteiger partial charge in [0, 0.05) is 47.2 Å². The van der Waals surface area contributed by atoms with Crippen LogP contribution in [0, 0.1) is 11.6 Å². The number of alkyl halides is 4. The summed E-state index contributed by atoms with van der Waals surface area (Å²) in [6, 6.07) is 4.20. The molecule has 2 aromatic rings. The van der Waals surface area contributed by atoms with Gasteiger partial charge in [0.15, 0.2) is 17.6 Å². The van der Waals surface area contributed by atoms with Crippen LogP contribution in [0.1, 0.15) is 64.4 Å². The molecular weight excluding hydrogens is 436 g/mol. The maximum absolute atomic E-state index is 15.7. The number of ether oxygens (including phenoxy) is 1. The molecule has 3 nitrogen and oxygen atoms in total. The number of hydrogen-bond donors (Lipinski definition) is 1. The van der Waals surface area contributed by atoms with Gasteiger partial charge in [-0.05, 0) is 42.7 Å². The van der Waals surface area contributed by atoms with Crippen LogP contribution in [-0.4, -0.2) is 17.8 Å². The number of rotatable bonds is 2. The molecule has 0 bridgehead atoms. The molecule has 0 fully saturated rings. The SMILES string of the molecule is CC1=CC2(F)Cc3c(C4CCC(=O)c5cc(F)cc(F)c54)ccc(NC(F)(F)F)c3C2O1. The molecule has 3 aliphatic rings. The van der Waals surface area contributed by atoms with Crippen LogP contribution in [-0.2, 0) is 11.2 Å². The zero-order valence-electron chi connectivity index (χ0n) is 16.7. The van der Waals surface area contributed by atoms with Crippen molar-refractivity contribution >= 4 is 11.5 Å². The Hall–Kier alpha value is -2.97. The van der Waals surface area contributed by atoms with Crippen LogP contribution in [0.3, 0.4) is 0 Å². The number of Topliss-reactive ketones (excluding diaryl/α,β-unsaturated/α-hetero) is 1. The van der Waals surface area contributed by atoms with Crippen molar-refractivity contribution < 1.29 is 35.9 Å². The number of fused-ring (bicyclic) bond motifs is 4. The molecule has 0 radical (unpaired) electrons. The van der Waals surface area contributed by atoms with E-state index in [-0.39, 0.29) is 53.0 Å². The van der Waals surface area contributed by atoms with Crippen LogP contribution >= 0.6 is 0 Å². The van der Waals surface area contributed by atoms with Crippen LogP contribution < -0.4 is 5.32 Å². The lowest BCUT2D eigenvalue weighted by atomic mass is 9.76. The Morgan fingerprint density at radius 2 is 1.91 bits per heavy atom. The van der Waals surface area contributed by atoms with E-state index in [4.69, 9.17) is 4.74 Å². The van der Waals surface area contributed by atoms with Crippen molar-refractivity contribution in [3.63, 3.8) is 0 Å². The van der Waals surface area contributed by atoms with Crippen LogP contribution in [0.5, 0.6) is 0 Å². The number of nitrogens with one attached hydrogen (secondary N) is 1. The molecule has 3 atom stereocenters. The van der Waals surface area contributed by atoms with Gasteiger partial charge in [-0.3, -0.25) is 10.1 Å². The third-order valence-electron chi connectivity index (χ3n) is 6.34. The van der Waals surface area contributed by atoms with Crippen molar-refractivity contribution in [3.8, 4) is 0 Å². The Kier molecular flexibility index (Phi) is 4.42. The fourth-order valence-electron chi connectivity index (χ4n) is 5.25. The van der Waals surface area contributed by atoms with Crippen molar-refractivity contribution in [1.82, 2.24) is 0 Å². The zero-order chi connectivity index (χ0) is 23.0. The van der Waals surface area contributed by atoms with Crippen LogP contribution in [0.2, 0.25) is 0 Å². The summed E-state index contributed by atoms with van der Waals surface area (Å²) < 4.78 is 89.2. The second-order valence-corrected chi connectivity index (χ2v) is 8.44. The maximum Gasteiger partial charge on any atom is 0.482 e. The molecule has 9 heteroatoms. The quantitative estimate of drug-likeness (QED) is 0.432. The molecule has 0 saturated carbocycles. The standard InChI is InChI=1S/C23H17F6NO2/c1-10-8-22(26)9-15-12(2-4-17(30-23(27,28)29)20(15)21(22)32-10)13-3-5-18(31)14-6-11(24)7-16(25)19(13)14/h2,4,6-8,13,21,30H,3,5,9H2,1H3. The van der Waals surface area contributed by atoms with Gasteiger partial charge in [-0.1, -0.05) is 6.07 Å². The molecule has 168 valence electrons. The summed E-state index contributed by atoms with van der Waals surface area (Å²) in [4.78, 5) is 12.3. The highest BCUT2D eigenvalue weighted by atomic mass is 19.4. The maximum atomic E-state index is 15.7. The molecule has 32 heavy (non-hydrogen) atoms. The van der Waals surface area contributed by atoms with Gasteiger partial charge in [-0.2, -0.15) is 13.2 Å². The third-order valence-corrected chi connectivity index (χ3v) is 6.34. The van der Waals surface area contributed by atoms with Crippen molar-refractivity contribution in [2.24, 2.45) is 0 Å². The van der Waals surface area contributed by atoms with E-state index in [0.717, 1.165) is 6.07 Å². The summed E-state index contributed by atoms with van der Waals surface area (Å²) in [7, 11) is 0. The first-order valence-corrected chi connectivity index (χ1v) is 10.0. The lowest BCUT2D eigenvalue weighted by molar-refractivity contribution is -0.100. The van der Waals surface area contributed by atoms with E-state index in [1.54, 1.807) is 0 Å². The number of carbonyl (C=O) groups is 1. The first-order chi connectivity index (χ1) is 15.0. The largest absolute Gasteiger partial charge is 0.487 e. The Morgan fingerprint density at radius 1 is 1.16 bits per heavy atom. The van der Waals surface area contributed by atoms with E-state index >= 15 is 4.39 Å². The zero-order valence-corrected chi connectivity index (χ0v) is 16.7. The van der Waals surface area contributed by atoms with Crippen molar-refractivity contribution in [2.75, 3.05) is 5.32 Å². The summed E-state index contributed by atoms with van der Waals surface area (Å²) in [5.41, 5.74) is -1.77. The molecule has 1 N–H and O–H groups in total. The first kappa shape index (κ1) is 20.9. The lowest BCUT2D eigenvalue weighted by Gasteiger charge is -2.28. The molecule has 0 saturated heterocycles. The monoisotopic (exact) mass is 453 g/mol. The minimum atomic E-state index is -4.76. The van der Waals surface area contributed by atoms with Crippen LogP contribution in [0.25, 0.3) is 0 Å². The van der Waals surface area contributed by atoms with E-state index in [1.807, 2.05) is 0 Å². The summed E-state index contributed by atoms with van der Waals surface area (Å²) >= 11 is 0. The highest BCUT2D eigenvalue weighted by Gasteiger charge is 2.54. The van der Waals surface area contributed by atoms with Gasteiger partial charge in [0.05, 0.1) is 5.76 Å². The first-order valence-electron chi connectivity index (χ1n) is 10.0. The molecule has 2 aromatic carbocycles. The summed E-state index contributed by atoms with van der Waals surface area (Å²) in [5, 5.41) is 1.45. The molecule has 1 heterocycles. The number of benzene rings is 2. The van der Waals surface area contributed by atoms with Gasteiger partial charge >= 0.3 is 6.30 Å². The Bertz CT molecular complexity index is 1190. The summed E-state index contributed by atoms with van der Waals surface area (Å²) in [5.74, 6) is -2.69. The number of allylic oxidation sites excluding steroid dienone is 1. The second kappa shape index (κ2) is 6.76. The van der Waals surface area contributed by atoms with Gasteiger partial charge in [0.25, 0.3) is 0 Å². The summed E-state index contributed by atoms with van der Waals surface area (Å²) in [6.07, 6.45) is -4.86. The average molecular weight is 453 g/mol. The highest BCUT2D eigenvalue weighted by Crippen LogP contribution is 2.56. The normalized spacial score (nSPS) is 26.2. The molecule has 0 aromatic heterocycles. The molecule has 1 aliphatic heterocycles. The van der Waals surface area contributed by atoms with Gasteiger partial charge in [-0.25, -0.2) is 13.2 Å². The predicted molar refractivity (Wildman–Crippen MR) is 103 cm³/mol. The molecular formula is C23H17F6NO2. The fraction of sp³-hybridized carbons (Fsp3) is 0.348. The van der Waals surface area contributed by atoms with Gasteiger partial charge in [0.2, 0.25) is 0 Å². The van der Waals surface area contributed by atoms with Crippen LogP contribution in [0.4, 0.5) is 32.0 Å². The molecule has 0 spiro atoms. The Balaban J connectivity index is 1.70. The van der Waals surface area contributed by atoms with Crippen molar-refractivity contribution in [2.45, 2.75) is 50.2 Å². The minimum Gasteiger partial charge on any atom is -0.487 e. The number of halogens is 6. The number of anilines is 1. The average Bonchev–Trinajstić information content (AvgIpc) is 3.10. The lowest BCUT2D eigenvalue weighted by Crippen LogP contribution is -2.25. The summed E-state index contributed by atoms with van der Waals surface area (Å²) in [6.45, 7) is 1.52. The van der Waals surface area contributed by atoms with Crippen molar-refractivity contribution in [1.29, 1.82) is 0 Å². The van der Waals surface area contributed by atoms with Crippen LogP contribution in [0.15, 0.2) is 36.1 Å². The predicted octanol–water partition coefficient (Wildman–Crippen LogP) is 6.24. The van der Waals surface area contributed by atoms with E-state index in [9.17, 15) is 26.7 Å². The van der Waals surface area contributed by atoms with Gasteiger partial charge < -0.3 is 4.74 Å². The van der Waals surface area contributed by atoms with Crippen molar-refractivity contribution in [3.05, 3.63) is 75.6 Å². The van der Waals surface area contributed by atoms with Gasteiger partial charge in [0.1, 0.15) is 11.6 Å². The van der Waals surface area contributed by atoms with Gasteiger partial charge in [-0.15, -0.1) is 0 Å². The second-order valence-electron chi connectivity index (χ2n) is 8.44. The molecule has 0 amide bonds. The number of ketones is 1. The third kappa shape index (κ3) is 3.17. The van der Waals surface area contributed by atoms with E-state index in [2.05, 4.69) is 0 Å². The molecule has 3 unspecified atom stereocenters. The Morgan fingerprint density at radius 3 is 2.62 bits per heavy atom. The van der Waals surface area contributed by atoms with E-state index < -0.39 is 41.4 Å². The fourth-order valence-corrected chi connectivity index (χ4v) is 5.25.